The zero-order valence-corrected chi connectivity index (χ0v) is 23.6. The van der Waals surface area contributed by atoms with E-state index in [-0.39, 0.29) is 38.5 Å². The topological polar surface area (TPSA) is 66.8 Å². The Morgan fingerprint density at radius 3 is 2.14 bits per heavy atom. The van der Waals surface area contributed by atoms with Crippen LogP contribution in [-0.2, 0) is 9.53 Å². The Kier molecular flexibility index (Phi) is 5.59. The molecule has 35 heavy (non-hydrogen) atoms. The SMILES string of the molecule is COC(=O)C1(C)CCC2(C)CCC3(C)C4=C(CCC3(C)C2C1)C1(C)CC(O)C(O)C(C)(C)C1CC4. The fourth-order valence-corrected chi connectivity index (χ4v) is 10.9. The quantitative estimate of drug-likeness (QED) is 0.331. The summed E-state index contributed by atoms with van der Waals surface area (Å²) in [6.45, 7) is 16.5. The van der Waals surface area contributed by atoms with Crippen LogP contribution in [0.25, 0.3) is 0 Å². The van der Waals surface area contributed by atoms with Gasteiger partial charge in [0, 0.05) is 0 Å². The zero-order valence-electron chi connectivity index (χ0n) is 23.6. The van der Waals surface area contributed by atoms with E-state index >= 15 is 0 Å². The van der Waals surface area contributed by atoms with Crippen molar-refractivity contribution in [1.29, 1.82) is 0 Å². The molecule has 5 aliphatic carbocycles. The third kappa shape index (κ3) is 3.14. The minimum absolute atomic E-state index is 0.0313. The molecule has 0 aromatic heterocycles. The molecule has 0 heterocycles. The van der Waals surface area contributed by atoms with Gasteiger partial charge >= 0.3 is 5.97 Å². The smallest absolute Gasteiger partial charge is 0.311 e. The molecule has 9 atom stereocenters. The molecule has 0 spiro atoms. The van der Waals surface area contributed by atoms with Gasteiger partial charge in [-0.15, -0.1) is 0 Å². The standard InChI is InChI=1S/C31H50O4/c1-26(2)22-10-9-20-19(29(22,5)17-21(32)24(26)33)11-12-31(7)23-18-28(4,25(34)35-8)14-13-27(23,3)15-16-30(20,31)6/h21-24,32-33H,9-18H2,1-8H3. The number of hydrogen-bond donors (Lipinski definition) is 2. The van der Waals surface area contributed by atoms with E-state index in [2.05, 4.69) is 48.5 Å². The highest BCUT2D eigenvalue weighted by Gasteiger charge is 2.67. The van der Waals surface area contributed by atoms with Gasteiger partial charge in [0.1, 0.15) is 0 Å². The first kappa shape index (κ1) is 25.8. The van der Waals surface area contributed by atoms with Crippen molar-refractivity contribution in [3.8, 4) is 0 Å². The monoisotopic (exact) mass is 486 g/mol. The second kappa shape index (κ2) is 7.59. The number of fused-ring (bicyclic) bond motifs is 6. The molecular weight excluding hydrogens is 436 g/mol. The third-order valence-electron chi connectivity index (χ3n) is 13.4. The van der Waals surface area contributed by atoms with Crippen LogP contribution in [0.3, 0.4) is 0 Å². The number of ether oxygens (including phenoxy) is 1. The molecule has 3 saturated carbocycles. The summed E-state index contributed by atoms with van der Waals surface area (Å²) in [5.41, 5.74) is 3.13. The van der Waals surface area contributed by atoms with E-state index in [0.717, 1.165) is 44.9 Å². The van der Waals surface area contributed by atoms with Crippen LogP contribution in [-0.4, -0.2) is 35.5 Å². The van der Waals surface area contributed by atoms with Crippen molar-refractivity contribution >= 4 is 5.97 Å². The summed E-state index contributed by atoms with van der Waals surface area (Å²) in [5.74, 6) is 0.865. The summed E-state index contributed by atoms with van der Waals surface area (Å²) >= 11 is 0. The van der Waals surface area contributed by atoms with Crippen LogP contribution in [0.5, 0.6) is 0 Å². The summed E-state index contributed by atoms with van der Waals surface area (Å²) in [4.78, 5) is 12.9. The second-order valence-electron chi connectivity index (χ2n) is 15.2. The lowest BCUT2D eigenvalue weighted by molar-refractivity contribution is -0.181. The van der Waals surface area contributed by atoms with Crippen LogP contribution in [0.15, 0.2) is 11.1 Å². The normalized spacial score (nSPS) is 53.1. The predicted octanol–water partition coefficient (Wildman–Crippen LogP) is 6.44. The summed E-state index contributed by atoms with van der Waals surface area (Å²) in [7, 11) is 1.54. The lowest BCUT2D eigenvalue weighted by atomic mass is 9.35. The Morgan fingerprint density at radius 1 is 0.829 bits per heavy atom. The van der Waals surface area contributed by atoms with Gasteiger partial charge in [-0.3, -0.25) is 4.79 Å². The zero-order chi connectivity index (χ0) is 25.8. The predicted molar refractivity (Wildman–Crippen MR) is 139 cm³/mol. The molecule has 2 N–H and O–H groups in total. The van der Waals surface area contributed by atoms with Crippen molar-refractivity contribution < 1.29 is 19.7 Å². The maximum Gasteiger partial charge on any atom is 0.311 e. The number of aliphatic hydroxyl groups is 2. The summed E-state index contributed by atoms with van der Waals surface area (Å²) in [6.07, 6.45) is 9.25. The Balaban J connectivity index is 1.58. The van der Waals surface area contributed by atoms with E-state index in [1.807, 2.05) is 0 Å². The first-order valence-electron chi connectivity index (χ1n) is 14.3. The van der Waals surface area contributed by atoms with E-state index in [0.29, 0.717) is 18.3 Å². The van der Waals surface area contributed by atoms with Gasteiger partial charge in [-0.05, 0) is 110 Å². The second-order valence-corrected chi connectivity index (χ2v) is 15.2. The highest BCUT2D eigenvalue weighted by molar-refractivity contribution is 5.76. The average Bonchev–Trinajstić information content (AvgIpc) is 2.79. The Labute approximate surface area is 213 Å². The Bertz CT molecular complexity index is 952. The molecule has 0 aromatic carbocycles. The number of aliphatic hydroxyl groups excluding tert-OH is 2. The number of rotatable bonds is 1. The third-order valence-corrected chi connectivity index (χ3v) is 13.4. The molecule has 4 nitrogen and oxygen atoms in total. The van der Waals surface area contributed by atoms with Crippen molar-refractivity contribution in [2.75, 3.05) is 7.11 Å². The van der Waals surface area contributed by atoms with E-state index < -0.39 is 12.2 Å². The van der Waals surface area contributed by atoms with Crippen LogP contribution in [0.4, 0.5) is 0 Å². The van der Waals surface area contributed by atoms with E-state index in [1.165, 1.54) is 12.8 Å². The lowest BCUT2D eigenvalue weighted by Gasteiger charge is -2.69. The average molecular weight is 487 g/mol. The Morgan fingerprint density at radius 2 is 1.49 bits per heavy atom. The summed E-state index contributed by atoms with van der Waals surface area (Å²) in [5, 5.41) is 21.9. The summed E-state index contributed by atoms with van der Waals surface area (Å²) < 4.78 is 5.30. The molecule has 198 valence electrons. The fraction of sp³-hybridized carbons (Fsp3) is 0.903. The highest BCUT2D eigenvalue weighted by Crippen LogP contribution is 2.75. The maximum absolute atomic E-state index is 12.9. The van der Waals surface area contributed by atoms with Crippen LogP contribution in [0.2, 0.25) is 0 Å². The molecule has 0 saturated heterocycles. The minimum atomic E-state index is -0.659. The number of carbonyl (C=O) groups excluding carboxylic acids is 1. The molecule has 5 rings (SSSR count). The van der Waals surface area contributed by atoms with Crippen LogP contribution in [0.1, 0.15) is 113 Å². The van der Waals surface area contributed by atoms with Crippen molar-refractivity contribution in [1.82, 2.24) is 0 Å². The van der Waals surface area contributed by atoms with Crippen molar-refractivity contribution in [2.24, 2.45) is 44.3 Å². The highest BCUT2D eigenvalue weighted by atomic mass is 16.5. The van der Waals surface area contributed by atoms with Gasteiger partial charge in [0.15, 0.2) is 0 Å². The molecule has 0 amide bonds. The van der Waals surface area contributed by atoms with Crippen LogP contribution in [0, 0.1) is 44.3 Å². The van der Waals surface area contributed by atoms with E-state index in [9.17, 15) is 15.0 Å². The minimum Gasteiger partial charge on any atom is -0.469 e. The van der Waals surface area contributed by atoms with Crippen molar-refractivity contribution in [3.05, 3.63) is 11.1 Å². The molecule has 3 fully saturated rings. The number of carbonyl (C=O) groups is 1. The van der Waals surface area contributed by atoms with Gasteiger partial charge in [0.05, 0.1) is 24.7 Å². The largest absolute Gasteiger partial charge is 0.469 e. The van der Waals surface area contributed by atoms with Gasteiger partial charge in [-0.25, -0.2) is 0 Å². The van der Waals surface area contributed by atoms with Gasteiger partial charge < -0.3 is 14.9 Å². The molecule has 0 aliphatic heterocycles. The summed E-state index contributed by atoms with van der Waals surface area (Å²) in [6, 6.07) is 0. The van der Waals surface area contributed by atoms with E-state index in [1.54, 1.807) is 18.3 Å². The van der Waals surface area contributed by atoms with Crippen molar-refractivity contribution in [3.63, 3.8) is 0 Å². The van der Waals surface area contributed by atoms with Crippen molar-refractivity contribution in [2.45, 2.75) is 125 Å². The van der Waals surface area contributed by atoms with Crippen LogP contribution >= 0.6 is 0 Å². The van der Waals surface area contributed by atoms with Crippen LogP contribution < -0.4 is 0 Å². The maximum atomic E-state index is 12.9. The van der Waals surface area contributed by atoms with Gasteiger partial charge in [-0.1, -0.05) is 52.7 Å². The van der Waals surface area contributed by atoms with E-state index in [4.69, 9.17) is 4.74 Å². The molecule has 0 bridgehead atoms. The number of esters is 1. The molecule has 0 radical (unpaired) electrons. The molecule has 4 heteroatoms. The number of allylic oxidation sites excluding steroid dienone is 2. The number of methoxy groups -OCH3 is 1. The lowest BCUT2D eigenvalue weighted by Crippen LogP contribution is -2.63. The first-order chi connectivity index (χ1) is 16.1. The first-order valence-corrected chi connectivity index (χ1v) is 14.3. The Hall–Kier alpha value is -0.870. The fourth-order valence-electron chi connectivity index (χ4n) is 10.9. The molecule has 9 unspecified atom stereocenters. The van der Waals surface area contributed by atoms with Gasteiger partial charge in [-0.2, -0.15) is 0 Å². The van der Waals surface area contributed by atoms with Gasteiger partial charge in [0.2, 0.25) is 0 Å². The van der Waals surface area contributed by atoms with Gasteiger partial charge in [0.25, 0.3) is 0 Å². The molecule has 5 aliphatic rings. The molecule has 0 aromatic rings. The number of hydrogen-bond acceptors (Lipinski definition) is 4. The molecular formula is C31H50O4.